The van der Waals surface area contributed by atoms with Crippen molar-refractivity contribution < 1.29 is 28.6 Å². The Labute approximate surface area is 515 Å². The van der Waals surface area contributed by atoms with Gasteiger partial charge >= 0.3 is 17.9 Å². The van der Waals surface area contributed by atoms with E-state index >= 15 is 0 Å². The van der Waals surface area contributed by atoms with E-state index in [-0.39, 0.29) is 31.1 Å². The van der Waals surface area contributed by atoms with Crippen molar-refractivity contribution in [3.05, 3.63) is 97.2 Å². The Kier molecular flexibility index (Phi) is 67.7. The van der Waals surface area contributed by atoms with E-state index in [0.29, 0.717) is 19.3 Å². The Morgan fingerprint density at radius 2 is 0.470 bits per heavy atom. The number of rotatable bonds is 65. The highest BCUT2D eigenvalue weighted by Crippen LogP contribution is 2.17. The van der Waals surface area contributed by atoms with E-state index in [1.807, 2.05) is 0 Å². The normalized spacial score (nSPS) is 12.7. The molecule has 0 aromatic carbocycles. The molecule has 0 heterocycles. The predicted molar refractivity (Wildman–Crippen MR) is 362 cm³/mol. The summed E-state index contributed by atoms with van der Waals surface area (Å²) in [7, 11) is 0. The van der Waals surface area contributed by atoms with Crippen molar-refractivity contribution >= 4 is 17.9 Å². The van der Waals surface area contributed by atoms with Crippen LogP contribution in [0.25, 0.3) is 0 Å². The molecule has 1 unspecified atom stereocenters. The number of carbonyl (C=O) groups is 3. The first kappa shape index (κ1) is 79.3. The van der Waals surface area contributed by atoms with Gasteiger partial charge in [-0.2, -0.15) is 0 Å². The monoisotopic (exact) mass is 1160 g/mol. The molecule has 0 aliphatic carbocycles. The van der Waals surface area contributed by atoms with Gasteiger partial charge in [0, 0.05) is 19.3 Å². The van der Waals surface area contributed by atoms with Gasteiger partial charge in [-0.1, -0.05) is 311 Å². The van der Waals surface area contributed by atoms with Crippen LogP contribution in [0.3, 0.4) is 0 Å². The highest BCUT2D eigenvalue weighted by Gasteiger charge is 2.19. The zero-order valence-electron chi connectivity index (χ0n) is 54.9. The van der Waals surface area contributed by atoms with Crippen LogP contribution in [0, 0.1) is 0 Å². The van der Waals surface area contributed by atoms with Gasteiger partial charge in [0.25, 0.3) is 0 Å². The fourth-order valence-corrected chi connectivity index (χ4v) is 10.2. The van der Waals surface area contributed by atoms with Crippen LogP contribution in [0.15, 0.2) is 97.2 Å². The molecule has 1 atom stereocenters. The number of hydrogen-bond donors (Lipinski definition) is 0. The first-order valence-corrected chi connectivity index (χ1v) is 35.7. The van der Waals surface area contributed by atoms with E-state index in [1.54, 1.807) is 0 Å². The van der Waals surface area contributed by atoms with Crippen LogP contribution in [0.2, 0.25) is 0 Å². The zero-order chi connectivity index (χ0) is 59.9. The predicted octanol–water partition coefficient (Wildman–Crippen LogP) is 24.8. The minimum atomic E-state index is -0.786. The van der Waals surface area contributed by atoms with Gasteiger partial charge in [-0.25, -0.2) is 0 Å². The molecule has 0 spiro atoms. The second-order valence-electron chi connectivity index (χ2n) is 23.8. The molecule has 0 saturated heterocycles. The summed E-state index contributed by atoms with van der Waals surface area (Å²) in [6, 6.07) is 0. The van der Waals surface area contributed by atoms with E-state index in [9.17, 15) is 14.4 Å². The van der Waals surface area contributed by atoms with Gasteiger partial charge in [0.2, 0.25) is 0 Å². The fraction of sp³-hybridized carbons (Fsp3) is 0.753. The number of ether oxygens (including phenoxy) is 3. The van der Waals surface area contributed by atoms with E-state index in [0.717, 1.165) is 103 Å². The summed E-state index contributed by atoms with van der Waals surface area (Å²) in [5.41, 5.74) is 0. The van der Waals surface area contributed by atoms with Crippen molar-refractivity contribution in [2.45, 2.75) is 361 Å². The van der Waals surface area contributed by atoms with Crippen molar-refractivity contribution in [3.8, 4) is 0 Å². The maximum atomic E-state index is 13.0. The first-order chi connectivity index (χ1) is 41.0. The lowest BCUT2D eigenvalue weighted by molar-refractivity contribution is -0.167. The summed E-state index contributed by atoms with van der Waals surface area (Å²) in [4.78, 5) is 38.5. The molecule has 0 fully saturated rings. The molecule has 6 nitrogen and oxygen atoms in total. The third-order valence-electron chi connectivity index (χ3n) is 15.5. The van der Waals surface area contributed by atoms with Crippen LogP contribution >= 0.6 is 0 Å². The largest absolute Gasteiger partial charge is 0.462 e. The van der Waals surface area contributed by atoms with Crippen molar-refractivity contribution in [1.29, 1.82) is 0 Å². The van der Waals surface area contributed by atoms with Gasteiger partial charge in [-0.05, 0) is 122 Å². The van der Waals surface area contributed by atoms with Crippen LogP contribution in [0.4, 0.5) is 0 Å². The second kappa shape index (κ2) is 70.8. The summed E-state index contributed by atoms with van der Waals surface area (Å²) < 4.78 is 17.0. The lowest BCUT2D eigenvalue weighted by atomic mass is 10.1. The first-order valence-electron chi connectivity index (χ1n) is 35.7. The molecule has 0 aliphatic rings. The molecule has 0 radical (unpaired) electrons. The lowest BCUT2D eigenvalue weighted by Crippen LogP contribution is -2.30. The molecular weight excluding hydrogens is 1020 g/mol. The van der Waals surface area contributed by atoms with Crippen LogP contribution in [-0.4, -0.2) is 37.2 Å². The van der Waals surface area contributed by atoms with Crippen molar-refractivity contribution in [2.24, 2.45) is 0 Å². The average Bonchev–Trinajstić information content (AvgIpc) is 3.50. The SMILES string of the molecule is CC/C=C\C/C=C\C/C=C\C/C=C\C/C=C\CCCCCCCCCCCC(=O)OCC(COC(=O)CCCCCCCCCCC/C=C\CCCCCCCC)OC(=O)CCCCCCCCCCC/C=C\C/C=C\CCCCCCC. The molecule has 0 saturated carbocycles. The number of hydrogen-bond acceptors (Lipinski definition) is 6. The Bertz CT molecular complexity index is 1610. The third-order valence-corrected chi connectivity index (χ3v) is 15.5. The second-order valence-corrected chi connectivity index (χ2v) is 23.8. The highest BCUT2D eigenvalue weighted by molar-refractivity contribution is 5.71. The molecule has 478 valence electrons. The number of carbonyl (C=O) groups excluding carboxylic acids is 3. The van der Waals surface area contributed by atoms with Crippen LogP contribution < -0.4 is 0 Å². The Hall–Kier alpha value is -3.67. The van der Waals surface area contributed by atoms with Gasteiger partial charge in [0.1, 0.15) is 13.2 Å². The van der Waals surface area contributed by atoms with Gasteiger partial charge < -0.3 is 14.2 Å². The Morgan fingerprint density at radius 3 is 0.747 bits per heavy atom. The minimum absolute atomic E-state index is 0.0803. The lowest BCUT2D eigenvalue weighted by Gasteiger charge is -2.18. The maximum Gasteiger partial charge on any atom is 0.306 e. The van der Waals surface area contributed by atoms with Crippen molar-refractivity contribution in [1.82, 2.24) is 0 Å². The number of allylic oxidation sites excluding steroid dienone is 16. The molecule has 0 N–H and O–H groups in total. The average molecular weight is 1160 g/mol. The smallest absolute Gasteiger partial charge is 0.306 e. The molecule has 6 heteroatoms. The fourth-order valence-electron chi connectivity index (χ4n) is 10.2. The highest BCUT2D eigenvalue weighted by atomic mass is 16.6. The van der Waals surface area contributed by atoms with Crippen LogP contribution in [-0.2, 0) is 28.6 Å². The quantitative estimate of drug-likeness (QED) is 0.0261. The van der Waals surface area contributed by atoms with Crippen LogP contribution in [0.5, 0.6) is 0 Å². The van der Waals surface area contributed by atoms with E-state index in [1.165, 1.54) is 212 Å². The van der Waals surface area contributed by atoms with Gasteiger partial charge in [0.05, 0.1) is 0 Å². The molecule has 0 aromatic heterocycles. The number of unbranched alkanes of at least 4 members (excludes halogenated alkanes) is 38. The summed E-state index contributed by atoms with van der Waals surface area (Å²) in [5.74, 6) is -0.875. The third kappa shape index (κ3) is 69.0. The molecule has 0 aliphatic heterocycles. The zero-order valence-corrected chi connectivity index (χ0v) is 54.9. The molecule has 0 rings (SSSR count). The summed E-state index contributed by atoms with van der Waals surface area (Å²) >= 11 is 0. The summed E-state index contributed by atoms with van der Waals surface area (Å²) in [6.45, 7) is 6.55. The van der Waals surface area contributed by atoms with E-state index < -0.39 is 6.10 Å². The molecule has 83 heavy (non-hydrogen) atoms. The van der Waals surface area contributed by atoms with Crippen molar-refractivity contribution in [2.75, 3.05) is 13.2 Å². The van der Waals surface area contributed by atoms with Gasteiger partial charge in [-0.15, -0.1) is 0 Å². The van der Waals surface area contributed by atoms with E-state index in [4.69, 9.17) is 14.2 Å². The molecule has 0 bridgehead atoms. The molecule has 0 aromatic rings. The van der Waals surface area contributed by atoms with E-state index in [2.05, 4.69) is 118 Å². The van der Waals surface area contributed by atoms with Crippen LogP contribution in [0.1, 0.15) is 355 Å². The Balaban J connectivity index is 4.38. The number of esters is 3. The topological polar surface area (TPSA) is 78.9 Å². The minimum Gasteiger partial charge on any atom is -0.462 e. The van der Waals surface area contributed by atoms with Gasteiger partial charge in [-0.3, -0.25) is 14.4 Å². The standard InChI is InChI=1S/C77H134O6/c1-4-7-10-13-16-19-22-25-28-31-34-36-37-38-39-41-43-46-49-52-55-58-61-64-67-70-76(79)82-73-74(72-81-75(78)69-66-63-60-57-54-51-48-45-42-33-30-27-24-21-18-15-12-9-6-3)83-77(80)71-68-65-62-59-56-53-50-47-44-40-35-32-29-26-23-20-17-14-11-8-5-2/h7,10,16,19,23,25-28,30,32,34-36,38-39,74H,4-6,8-9,11-15,17-18,20-22,24,29,31,33,37,40-73H2,1-3H3/b10-7-,19-16-,26-23-,28-25-,30-27-,35-32-,36-34-,39-38-. The molecule has 0 amide bonds. The molecular formula is C77H134O6. The van der Waals surface area contributed by atoms with Gasteiger partial charge in [0.15, 0.2) is 6.10 Å². The summed E-state index contributed by atoms with van der Waals surface area (Å²) in [6.07, 6.45) is 95.6. The van der Waals surface area contributed by atoms with Crippen molar-refractivity contribution in [3.63, 3.8) is 0 Å². The summed E-state index contributed by atoms with van der Waals surface area (Å²) in [5, 5.41) is 0. The maximum absolute atomic E-state index is 13.0. The Morgan fingerprint density at radius 1 is 0.253 bits per heavy atom.